The molecule has 1 saturated carbocycles. The number of rotatable bonds is 6. The van der Waals surface area contributed by atoms with Crippen LogP contribution in [0.3, 0.4) is 0 Å². The average Bonchev–Trinajstić information content (AvgIpc) is 3.25. The van der Waals surface area contributed by atoms with Gasteiger partial charge in [-0.2, -0.15) is 0 Å². The maximum Gasteiger partial charge on any atom is 0.306 e. The van der Waals surface area contributed by atoms with Crippen molar-refractivity contribution >= 4 is 11.9 Å². The molecule has 6 nitrogen and oxygen atoms in total. The van der Waals surface area contributed by atoms with E-state index in [4.69, 9.17) is 14.6 Å². The van der Waals surface area contributed by atoms with E-state index in [9.17, 15) is 9.59 Å². The summed E-state index contributed by atoms with van der Waals surface area (Å²) in [6.07, 6.45) is 4.02. The molecule has 1 amide bonds. The molecule has 0 aromatic heterocycles. The van der Waals surface area contributed by atoms with Crippen molar-refractivity contribution in [2.24, 2.45) is 5.92 Å². The van der Waals surface area contributed by atoms with E-state index in [-0.39, 0.29) is 24.0 Å². The molecule has 1 saturated heterocycles. The number of hydrogen-bond donors (Lipinski definition) is 2. The maximum atomic E-state index is 12.4. The van der Waals surface area contributed by atoms with Gasteiger partial charge < -0.3 is 19.9 Å². The van der Waals surface area contributed by atoms with Gasteiger partial charge in [0.05, 0.1) is 12.0 Å². The first-order valence-electron chi connectivity index (χ1n) is 8.50. The van der Waals surface area contributed by atoms with Gasteiger partial charge >= 0.3 is 5.97 Å². The van der Waals surface area contributed by atoms with Crippen LogP contribution in [0.1, 0.15) is 42.5 Å². The summed E-state index contributed by atoms with van der Waals surface area (Å²) < 4.78 is 11.2. The number of carboxylic acid groups (broad SMARTS) is 1. The number of nitrogens with one attached hydrogen (secondary N) is 1. The van der Waals surface area contributed by atoms with Gasteiger partial charge in [-0.1, -0.05) is 6.07 Å². The number of carbonyl (C=O) groups excluding carboxylic acids is 1. The Morgan fingerprint density at radius 2 is 2.17 bits per heavy atom. The molecular formula is C18H23NO5. The molecule has 6 heteroatoms. The summed E-state index contributed by atoms with van der Waals surface area (Å²) in [6.45, 7) is 1.28. The zero-order valence-electron chi connectivity index (χ0n) is 13.6. The van der Waals surface area contributed by atoms with Gasteiger partial charge in [0.15, 0.2) is 0 Å². The first-order chi connectivity index (χ1) is 11.6. The molecule has 24 heavy (non-hydrogen) atoms. The lowest BCUT2D eigenvalue weighted by Crippen LogP contribution is -2.33. The Balaban J connectivity index is 1.53. The van der Waals surface area contributed by atoms with E-state index in [1.54, 1.807) is 18.2 Å². The van der Waals surface area contributed by atoms with Crippen LogP contribution in [0.4, 0.5) is 0 Å². The van der Waals surface area contributed by atoms with Crippen LogP contribution in [0, 0.1) is 5.92 Å². The molecule has 0 spiro atoms. The van der Waals surface area contributed by atoms with Crippen LogP contribution in [0.5, 0.6) is 5.75 Å². The summed E-state index contributed by atoms with van der Waals surface area (Å²) in [5, 5.41) is 11.9. The van der Waals surface area contributed by atoms with Crippen molar-refractivity contribution in [3.8, 4) is 5.75 Å². The zero-order chi connectivity index (χ0) is 16.9. The van der Waals surface area contributed by atoms with Crippen LogP contribution in [0.2, 0.25) is 0 Å². The van der Waals surface area contributed by atoms with E-state index < -0.39 is 5.97 Å². The molecule has 130 valence electrons. The highest BCUT2D eigenvalue weighted by Crippen LogP contribution is 2.26. The third-order valence-corrected chi connectivity index (χ3v) is 4.67. The number of hydrogen-bond acceptors (Lipinski definition) is 4. The molecule has 1 aliphatic carbocycles. The number of carboxylic acids is 1. The summed E-state index contributed by atoms with van der Waals surface area (Å²) in [4.78, 5) is 23.3. The Morgan fingerprint density at radius 1 is 1.29 bits per heavy atom. The summed E-state index contributed by atoms with van der Waals surface area (Å²) in [7, 11) is 0. The molecule has 1 aromatic carbocycles. The average molecular weight is 333 g/mol. The minimum Gasteiger partial charge on any atom is -0.491 e. The molecule has 3 rings (SSSR count). The lowest BCUT2D eigenvalue weighted by Gasteiger charge is -2.14. The third kappa shape index (κ3) is 4.26. The van der Waals surface area contributed by atoms with Crippen LogP contribution < -0.4 is 10.1 Å². The van der Waals surface area contributed by atoms with Crippen molar-refractivity contribution in [1.29, 1.82) is 0 Å². The molecule has 1 unspecified atom stereocenters. The topological polar surface area (TPSA) is 84.9 Å². The van der Waals surface area contributed by atoms with Crippen molar-refractivity contribution in [3.63, 3.8) is 0 Å². The fourth-order valence-corrected chi connectivity index (χ4v) is 3.30. The Bertz CT molecular complexity index is 597. The van der Waals surface area contributed by atoms with Crippen LogP contribution in [-0.2, 0) is 9.53 Å². The molecule has 2 aliphatic rings. The fourth-order valence-electron chi connectivity index (χ4n) is 3.30. The van der Waals surface area contributed by atoms with Gasteiger partial charge in [-0.05, 0) is 50.3 Å². The molecule has 1 heterocycles. The largest absolute Gasteiger partial charge is 0.491 e. The van der Waals surface area contributed by atoms with E-state index in [0.717, 1.165) is 19.4 Å². The highest BCUT2D eigenvalue weighted by atomic mass is 16.5. The predicted octanol–water partition coefficient (Wildman–Crippen LogP) is 2.23. The number of aliphatic carboxylic acids is 1. The molecule has 1 aliphatic heterocycles. The summed E-state index contributed by atoms with van der Waals surface area (Å²) >= 11 is 0. The van der Waals surface area contributed by atoms with Gasteiger partial charge in [-0.25, -0.2) is 0 Å². The van der Waals surface area contributed by atoms with E-state index >= 15 is 0 Å². The van der Waals surface area contributed by atoms with E-state index in [1.165, 1.54) is 0 Å². The first kappa shape index (κ1) is 16.8. The standard InChI is InChI=1S/C18H23NO5/c20-17(19-14-7-6-13(9-14)18(21)22)12-3-1-4-15(10-12)24-11-16-5-2-8-23-16/h1,3-4,10,13-14,16H,2,5-9,11H2,(H,19,20)(H,21,22)/t13-,14+,16?/m1/s1. The Kier molecular flexibility index (Phi) is 5.35. The molecule has 1 aromatic rings. The van der Waals surface area contributed by atoms with Gasteiger partial charge in [0.1, 0.15) is 12.4 Å². The second-order valence-corrected chi connectivity index (χ2v) is 6.49. The van der Waals surface area contributed by atoms with Crippen molar-refractivity contribution in [3.05, 3.63) is 29.8 Å². The van der Waals surface area contributed by atoms with Crippen molar-refractivity contribution in [1.82, 2.24) is 5.32 Å². The van der Waals surface area contributed by atoms with Crippen LogP contribution in [0.15, 0.2) is 24.3 Å². The monoisotopic (exact) mass is 333 g/mol. The Morgan fingerprint density at radius 3 is 2.88 bits per heavy atom. The first-order valence-corrected chi connectivity index (χ1v) is 8.50. The normalized spacial score (nSPS) is 26.2. The van der Waals surface area contributed by atoms with Crippen LogP contribution in [0.25, 0.3) is 0 Å². The number of benzene rings is 1. The maximum absolute atomic E-state index is 12.4. The van der Waals surface area contributed by atoms with Crippen LogP contribution in [-0.4, -0.2) is 42.3 Å². The van der Waals surface area contributed by atoms with Crippen molar-refractivity contribution in [2.45, 2.75) is 44.2 Å². The second kappa shape index (κ2) is 7.66. The van der Waals surface area contributed by atoms with Gasteiger partial charge in [0.25, 0.3) is 5.91 Å². The van der Waals surface area contributed by atoms with Crippen LogP contribution >= 0.6 is 0 Å². The highest BCUT2D eigenvalue weighted by molar-refractivity contribution is 5.94. The minimum absolute atomic E-state index is 0.0740. The van der Waals surface area contributed by atoms with Crippen molar-refractivity contribution in [2.75, 3.05) is 13.2 Å². The van der Waals surface area contributed by atoms with Gasteiger partial charge in [-0.15, -0.1) is 0 Å². The molecular weight excluding hydrogens is 310 g/mol. The quantitative estimate of drug-likeness (QED) is 0.834. The summed E-state index contributed by atoms with van der Waals surface area (Å²) in [6, 6.07) is 6.98. The molecule has 2 N–H and O–H groups in total. The molecule has 0 radical (unpaired) electrons. The number of carbonyl (C=O) groups is 2. The summed E-state index contributed by atoms with van der Waals surface area (Å²) in [5.41, 5.74) is 0.526. The molecule has 0 bridgehead atoms. The number of amides is 1. The molecule has 3 atom stereocenters. The van der Waals surface area contributed by atoms with E-state index in [2.05, 4.69) is 5.32 Å². The Labute approximate surface area is 141 Å². The summed E-state index contributed by atoms with van der Waals surface area (Å²) in [5.74, 6) is -0.672. The third-order valence-electron chi connectivity index (χ3n) is 4.67. The lowest BCUT2D eigenvalue weighted by atomic mass is 10.1. The second-order valence-electron chi connectivity index (χ2n) is 6.49. The minimum atomic E-state index is -0.781. The van der Waals surface area contributed by atoms with E-state index in [0.29, 0.717) is 37.2 Å². The zero-order valence-corrected chi connectivity index (χ0v) is 13.6. The van der Waals surface area contributed by atoms with Crippen molar-refractivity contribution < 1.29 is 24.2 Å². The SMILES string of the molecule is O=C(N[C@H]1CC[C@@H](C(=O)O)C1)c1cccc(OCC2CCCO2)c1. The van der Waals surface area contributed by atoms with Gasteiger partial charge in [0.2, 0.25) is 0 Å². The highest BCUT2D eigenvalue weighted by Gasteiger charge is 2.30. The lowest BCUT2D eigenvalue weighted by molar-refractivity contribution is -0.141. The van der Waals surface area contributed by atoms with Gasteiger partial charge in [0, 0.05) is 18.2 Å². The van der Waals surface area contributed by atoms with E-state index in [1.807, 2.05) is 6.07 Å². The molecule has 2 fully saturated rings. The predicted molar refractivity (Wildman–Crippen MR) is 87.1 cm³/mol. The van der Waals surface area contributed by atoms with Gasteiger partial charge in [-0.3, -0.25) is 9.59 Å². The smallest absolute Gasteiger partial charge is 0.306 e. The number of ether oxygens (including phenoxy) is 2. The Hall–Kier alpha value is -2.08. The fraction of sp³-hybridized carbons (Fsp3) is 0.556.